The summed E-state index contributed by atoms with van der Waals surface area (Å²) >= 11 is 0. The minimum absolute atomic E-state index is 0.277. The molecule has 0 spiro atoms. The van der Waals surface area contributed by atoms with Gasteiger partial charge in [0.05, 0.1) is 38.0 Å². The Kier molecular flexibility index (Phi) is 9.46. The molecule has 2 aromatic carbocycles. The quantitative estimate of drug-likeness (QED) is 0.376. The Morgan fingerprint density at radius 3 is 2.81 bits per heavy atom. The van der Waals surface area contributed by atoms with Gasteiger partial charge in [0.25, 0.3) is 5.91 Å². The van der Waals surface area contributed by atoms with Crippen LogP contribution in [0.4, 0.5) is 0 Å². The maximum atomic E-state index is 12.5. The fourth-order valence-electron chi connectivity index (χ4n) is 4.20. The van der Waals surface area contributed by atoms with Crippen LogP contribution in [0.3, 0.4) is 0 Å². The van der Waals surface area contributed by atoms with E-state index in [9.17, 15) is 14.9 Å². The number of hydrogen-bond acceptors (Lipinski definition) is 8. The summed E-state index contributed by atoms with van der Waals surface area (Å²) in [6.45, 7) is 3.47. The van der Waals surface area contributed by atoms with Crippen LogP contribution in [0.2, 0.25) is 0 Å². The Hall–Kier alpha value is -3.49. The number of nitrogens with one attached hydrogen (secondary N) is 2. The first kappa shape index (κ1) is 26.6. The summed E-state index contributed by atoms with van der Waals surface area (Å²) in [5.41, 5.74) is 4.02. The predicted octanol–water partition coefficient (Wildman–Crippen LogP) is 1.85. The van der Waals surface area contributed by atoms with Gasteiger partial charge in [-0.15, -0.1) is 0 Å². The first-order valence-electron chi connectivity index (χ1n) is 12.4. The molecule has 10 heteroatoms. The molecule has 10 nitrogen and oxygen atoms in total. The minimum atomic E-state index is -0.659. The second kappa shape index (κ2) is 13.2. The molecule has 3 aromatic rings. The molecule has 37 heavy (non-hydrogen) atoms. The van der Waals surface area contributed by atoms with Crippen molar-refractivity contribution in [2.75, 3.05) is 46.6 Å². The lowest BCUT2D eigenvalue weighted by Crippen LogP contribution is -2.46. The number of methoxy groups -OCH3 is 1. The van der Waals surface area contributed by atoms with Crippen LogP contribution in [-0.4, -0.2) is 69.2 Å². The number of nitriles is 1. The van der Waals surface area contributed by atoms with E-state index in [0.29, 0.717) is 57.0 Å². The van der Waals surface area contributed by atoms with Gasteiger partial charge in [-0.3, -0.25) is 9.36 Å². The van der Waals surface area contributed by atoms with Crippen LogP contribution in [0.5, 0.6) is 0 Å². The molecular formula is C27H32N4O6. The third-order valence-electron chi connectivity index (χ3n) is 6.20. The summed E-state index contributed by atoms with van der Waals surface area (Å²) in [5, 5.41) is 15.5. The number of nitrogens with zero attached hydrogens (tertiary/aromatic N) is 2. The standard InChI is InChI=1S/C27H32N4O6/c1-34-13-14-35-12-10-31-23-16-21(7-8-24(23)37-27(31)33)20-5-3-19(4-6-20)15-22(17-28)30-26(32)25-18-29-9-2-11-36-25/h3-8,16,22,25,29H,2,9-15,18H2,1H3,(H,30,32)/t22-,25-/m0/s1. The highest BCUT2D eigenvalue weighted by atomic mass is 16.5. The van der Waals surface area contributed by atoms with Crippen molar-refractivity contribution in [2.45, 2.75) is 31.5 Å². The van der Waals surface area contributed by atoms with Crippen LogP contribution < -0.4 is 16.4 Å². The van der Waals surface area contributed by atoms with E-state index in [1.165, 1.54) is 0 Å². The summed E-state index contributed by atoms with van der Waals surface area (Å²) in [4.78, 5) is 24.9. The van der Waals surface area contributed by atoms with Crippen molar-refractivity contribution in [3.05, 3.63) is 58.6 Å². The molecule has 2 N–H and O–H groups in total. The lowest BCUT2D eigenvalue weighted by atomic mass is 10.0. The molecule has 2 atom stereocenters. The molecule has 0 unspecified atom stereocenters. The molecule has 1 amide bonds. The van der Waals surface area contributed by atoms with Gasteiger partial charge in [0.2, 0.25) is 0 Å². The Balaban J connectivity index is 1.41. The largest absolute Gasteiger partial charge is 0.420 e. The van der Waals surface area contributed by atoms with Gasteiger partial charge in [0.15, 0.2) is 5.58 Å². The highest BCUT2D eigenvalue weighted by Crippen LogP contribution is 2.25. The van der Waals surface area contributed by atoms with E-state index in [4.69, 9.17) is 18.6 Å². The zero-order chi connectivity index (χ0) is 26.0. The number of aromatic nitrogens is 1. The number of fused-ring (bicyclic) bond motifs is 1. The molecule has 1 saturated heterocycles. The predicted molar refractivity (Wildman–Crippen MR) is 137 cm³/mol. The number of ether oxygens (including phenoxy) is 3. The summed E-state index contributed by atoms with van der Waals surface area (Å²) in [6.07, 6.45) is 0.645. The zero-order valence-electron chi connectivity index (χ0n) is 20.9. The van der Waals surface area contributed by atoms with E-state index < -0.39 is 17.9 Å². The maximum absolute atomic E-state index is 12.5. The van der Waals surface area contributed by atoms with Gasteiger partial charge in [0.1, 0.15) is 12.1 Å². The summed E-state index contributed by atoms with van der Waals surface area (Å²) < 4.78 is 23.0. The van der Waals surface area contributed by atoms with Gasteiger partial charge in [-0.25, -0.2) is 4.79 Å². The van der Waals surface area contributed by atoms with Gasteiger partial charge >= 0.3 is 5.76 Å². The Labute approximate surface area is 215 Å². The third kappa shape index (κ3) is 7.05. The second-order valence-corrected chi connectivity index (χ2v) is 8.82. The van der Waals surface area contributed by atoms with Gasteiger partial charge in [-0.2, -0.15) is 5.26 Å². The number of oxazole rings is 1. The van der Waals surface area contributed by atoms with Gasteiger partial charge < -0.3 is 29.3 Å². The van der Waals surface area contributed by atoms with E-state index in [1.54, 1.807) is 17.7 Å². The first-order chi connectivity index (χ1) is 18.1. The average Bonchev–Trinajstić information content (AvgIpc) is 3.06. The molecule has 1 fully saturated rings. The van der Waals surface area contributed by atoms with Crippen LogP contribution >= 0.6 is 0 Å². The van der Waals surface area contributed by atoms with Crippen LogP contribution in [0, 0.1) is 11.3 Å². The molecule has 1 aromatic heterocycles. The van der Waals surface area contributed by atoms with Crippen molar-refractivity contribution in [1.29, 1.82) is 5.26 Å². The van der Waals surface area contributed by atoms with Crippen LogP contribution in [-0.2, 0) is 32.0 Å². The van der Waals surface area contributed by atoms with Crippen LogP contribution in [0.1, 0.15) is 12.0 Å². The molecular weight excluding hydrogens is 476 g/mol. The molecule has 0 saturated carbocycles. The average molecular weight is 509 g/mol. The minimum Gasteiger partial charge on any atom is -0.408 e. The lowest BCUT2D eigenvalue weighted by molar-refractivity contribution is -0.132. The number of carbonyl (C=O) groups excluding carboxylic acids is 1. The van der Waals surface area contributed by atoms with E-state index in [-0.39, 0.29) is 5.91 Å². The molecule has 4 rings (SSSR count). The third-order valence-corrected chi connectivity index (χ3v) is 6.20. The SMILES string of the molecule is COCCOCCn1c(=O)oc2ccc(-c3ccc(C[C@@H](C#N)NC(=O)[C@@H]4CNCCCO4)cc3)cc21. The van der Waals surface area contributed by atoms with Crippen molar-refractivity contribution >= 4 is 17.0 Å². The molecule has 0 radical (unpaired) electrons. The van der Waals surface area contributed by atoms with E-state index in [2.05, 4.69) is 16.7 Å². The number of amides is 1. The van der Waals surface area contributed by atoms with E-state index in [0.717, 1.165) is 29.7 Å². The fraction of sp³-hybridized carbons (Fsp3) is 0.444. The van der Waals surface area contributed by atoms with Crippen molar-refractivity contribution in [1.82, 2.24) is 15.2 Å². The van der Waals surface area contributed by atoms with Gasteiger partial charge in [0, 0.05) is 26.7 Å². The smallest absolute Gasteiger partial charge is 0.408 e. The molecule has 1 aliphatic heterocycles. The Bertz CT molecular complexity index is 1270. The first-order valence-corrected chi connectivity index (χ1v) is 12.4. The fourth-order valence-corrected chi connectivity index (χ4v) is 4.20. The zero-order valence-corrected chi connectivity index (χ0v) is 20.9. The second-order valence-electron chi connectivity index (χ2n) is 8.82. The molecule has 2 heterocycles. The lowest BCUT2D eigenvalue weighted by Gasteiger charge is -2.18. The number of hydrogen-bond donors (Lipinski definition) is 2. The van der Waals surface area contributed by atoms with E-state index >= 15 is 0 Å². The highest BCUT2D eigenvalue weighted by Gasteiger charge is 2.23. The monoisotopic (exact) mass is 508 g/mol. The number of carbonyl (C=O) groups is 1. The van der Waals surface area contributed by atoms with Crippen molar-refractivity contribution < 1.29 is 23.4 Å². The molecule has 0 bridgehead atoms. The highest BCUT2D eigenvalue weighted by molar-refractivity contribution is 5.82. The van der Waals surface area contributed by atoms with Crippen molar-refractivity contribution in [3.63, 3.8) is 0 Å². The van der Waals surface area contributed by atoms with E-state index in [1.807, 2.05) is 36.4 Å². The molecule has 196 valence electrons. The normalized spacial score (nSPS) is 16.7. The topological polar surface area (TPSA) is 128 Å². The van der Waals surface area contributed by atoms with Crippen LogP contribution in [0.15, 0.2) is 51.7 Å². The molecule has 0 aliphatic carbocycles. The summed E-state index contributed by atoms with van der Waals surface area (Å²) in [7, 11) is 1.61. The Morgan fingerprint density at radius 2 is 2.03 bits per heavy atom. The maximum Gasteiger partial charge on any atom is 0.420 e. The summed E-state index contributed by atoms with van der Waals surface area (Å²) in [6, 6.07) is 14.9. The summed E-state index contributed by atoms with van der Waals surface area (Å²) in [5.74, 6) is -0.700. The number of rotatable bonds is 11. The Morgan fingerprint density at radius 1 is 1.22 bits per heavy atom. The van der Waals surface area contributed by atoms with Gasteiger partial charge in [-0.1, -0.05) is 30.3 Å². The van der Waals surface area contributed by atoms with Crippen molar-refractivity contribution in [3.8, 4) is 17.2 Å². The number of benzene rings is 2. The van der Waals surface area contributed by atoms with Crippen molar-refractivity contribution in [2.24, 2.45) is 0 Å². The molecule has 1 aliphatic rings. The van der Waals surface area contributed by atoms with Crippen LogP contribution in [0.25, 0.3) is 22.2 Å². The van der Waals surface area contributed by atoms with Gasteiger partial charge in [-0.05, 0) is 41.8 Å².